The first-order valence-electron chi connectivity index (χ1n) is 14.0. The van der Waals surface area contributed by atoms with E-state index < -0.39 is 18.8 Å². The van der Waals surface area contributed by atoms with E-state index >= 15 is 0 Å². The van der Waals surface area contributed by atoms with Gasteiger partial charge in [-0.15, -0.1) is 0 Å². The van der Waals surface area contributed by atoms with Crippen molar-refractivity contribution in [3.05, 3.63) is 44.2 Å². The minimum atomic E-state index is -3.75. The third kappa shape index (κ3) is 18.7. The molecule has 0 aliphatic heterocycles. The predicted octanol–water partition coefficient (Wildman–Crippen LogP) is 6.84. The normalized spacial score (nSPS) is 13.4. The van der Waals surface area contributed by atoms with Crippen LogP contribution in [0.25, 0.3) is 0 Å². The molecule has 0 bridgehead atoms. The number of H-pyrrole nitrogens is 1. The Hall–Kier alpha value is -1.18. The van der Waals surface area contributed by atoms with E-state index in [4.69, 9.17) is 20.9 Å². The zero-order chi connectivity index (χ0) is 27.2. The van der Waals surface area contributed by atoms with Gasteiger partial charge in [0.25, 0.3) is 5.56 Å². The van der Waals surface area contributed by atoms with Gasteiger partial charge >= 0.3 is 13.3 Å². The van der Waals surface area contributed by atoms with E-state index in [9.17, 15) is 19.0 Å². The van der Waals surface area contributed by atoms with Crippen LogP contribution in [0.15, 0.2) is 27.9 Å². The maximum Gasteiger partial charge on any atom is 0.331 e. The summed E-state index contributed by atoms with van der Waals surface area (Å²) in [4.78, 5) is 34.9. The third-order valence-corrected chi connectivity index (χ3v) is 7.67. The predicted molar refractivity (Wildman–Crippen MR) is 152 cm³/mol. The van der Waals surface area contributed by atoms with E-state index in [1.807, 2.05) is 0 Å². The molecule has 214 valence electrons. The van der Waals surface area contributed by atoms with Crippen molar-refractivity contribution in [2.24, 2.45) is 0 Å². The number of ether oxygens (including phenoxy) is 1. The Morgan fingerprint density at radius 1 is 0.865 bits per heavy atom. The maximum atomic E-state index is 12.1. The van der Waals surface area contributed by atoms with Gasteiger partial charge < -0.3 is 14.2 Å². The molecule has 2 N–H and O–H groups in total. The van der Waals surface area contributed by atoms with Crippen LogP contribution < -0.4 is 11.2 Å². The topological polar surface area (TPSA) is 111 Å². The van der Waals surface area contributed by atoms with Gasteiger partial charge in [-0.3, -0.25) is 18.9 Å². The summed E-state index contributed by atoms with van der Waals surface area (Å²) in [7, 11) is -3.75. The second-order valence-corrected chi connectivity index (χ2v) is 11.9. The van der Waals surface area contributed by atoms with Crippen molar-refractivity contribution < 1.29 is 18.7 Å². The highest BCUT2D eigenvalue weighted by atomic mass is 35.5. The molecule has 0 fully saturated rings. The van der Waals surface area contributed by atoms with Crippen LogP contribution in [-0.4, -0.2) is 40.4 Å². The molecule has 0 aliphatic rings. The van der Waals surface area contributed by atoms with Crippen LogP contribution >= 0.6 is 19.2 Å². The smallest absolute Gasteiger partial charge is 0.331 e. The molecule has 0 saturated carbocycles. The van der Waals surface area contributed by atoms with E-state index in [0.29, 0.717) is 19.6 Å². The van der Waals surface area contributed by atoms with Gasteiger partial charge in [-0.25, -0.2) is 4.79 Å². The number of hydrogen-bond donors (Lipinski definition) is 2. The molecule has 1 heterocycles. The van der Waals surface area contributed by atoms with Crippen LogP contribution in [0, 0.1) is 0 Å². The Kier molecular flexibility index (Phi) is 19.9. The summed E-state index contributed by atoms with van der Waals surface area (Å²) in [5.74, 6) is 0. The number of nitrogens with zero attached hydrogens (tertiary/aromatic N) is 1. The molecule has 1 aromatic rings. The summed E-state index contributed by atoms with van der Waals surface area (Å²) in [6.45, 7) is 3.74. The number of unbranched alkanes of at least 4 members (excludes halogenated alkanes) is 13. The fraction of sp³-hybridized carbons (Fsp3) is 0.778. The van der Waals surface area contributed by atoms with Crippen LogP contribution in [0.5, 0.6) is 0 Å². The summed E-state index contributed by atoms with van der Waals surface area (Å²) < 4.78 is 24.0. The molecule has 8 nitrogen and oxygen atoms in total. The van der Waals surface area contributed by atoms with Crippen molar-refractivity contribution in [2.75, 3.05) is 26.0 Å². The molecule has 0 saturated heterocycles. The molecule has 1 atom stereocenters. The average molecular weight is 563 g/mol. The first kappa shape index (κ1) is 33.8. The van der Waals surface area contributed by atoms with Gasteiger partial charge in [-0.1, -0.05) is 114 Å². The number of aromatic nitrogens is 2. The molecule has 0 amide bonds. The monoisotopic (exact) mass is 562 g/mol. The Bertz CT molecular complexity index is 902. The molecule has 1 aromatic heterocycles. The highest BCUT2D eigenvalue weighted by molar-refractivity contribution is 7.53. The zero-order valence-electron chi connectivity index (χ0n) is 22.6. The van der Waals surface area contributed by atoms with Crippen LogP contribution in [0.3, 0.4) is 0 Å². The lowest BCUT2D eigenvalue weighted by Gasteiger charge is -2.10. The van der Waals surface area contributed by atoms with E-state index in [2.05, 4.69) is 11.9 Å². The minimum absolute atomic E-state index is 0.101. The third-order valence-electron chi connectivity index (χ3n) is 6.14. The Morgan fingerprint density at radius 3 is 2.00 bits per heavy atom. The standard InChI is InChI=1S/C27H48ClN2O6P/c1-2-3-4-5-6-7-8-9-10-11-12-13-14-16-20-35-21-18-22-36-37(33,34)23-17-15-19-30-24-25(28)26(31)29-27(30)32/h15,17,24H,2-14,16,18-23H2,1H3,(H,33,34)(H,29,31,32)/b17-15+. The number of halogens is 1. The van der Waals surface area contributed by atoms with Crippen molar-refractivity contribution in [2.45, 2.75) is 110 Å². The van der Waals surface area contributed by atoms with Gasteiger partial charge in [-0.2, -0.15) is 0 Å². The quantitative estimate of drug-likeness (QED) is 0.0811. The second kappa shape index (κ2) is 21.7. The van der Waals surface area contributed by atoms with Crippen LogP contribution in [-0.2, 0) is 20.4 Å². The highest BCUT2D eigenvalue weighted by Gasteiger charge is 2.16. The van der Waals surface area contributed by atoms with Gasteiger partial charge in [0.15, 0.2) is 0 Å². The fourth-order valence-electron chi connectivity index (χ4n) is 3.94. The van der Waals surface area contributed by atoms with Gasteiger partial charge in [0.2, 0.25) is 0 Å². The zero-order valence-corrected chi connectivity index (χ0v) is 24.3. The van der Waals surface area contributed by atoms with E-state index in [1.54, 1.807) is 6.08 Å². The fourth-order valence-corrected chi connectivity index (χ4v) is 5.04. The summed E-state index contributed by atoms with van der Waals surface area (Å²) in [6, 6.07) is 0. The molecule has 0 aliphatic carbocycles. The summed E-state index contributed by atoms with van der Waals surface area (Å²) in [5, 5.41) is -0.101. The number of hydrogen-bond acceptors (Lipinski definition) is 5. The first-order chi connectivity index (χ1) is 17.9. The summed E-state index contributed by atoms with van der Waals surface area (Å²) in [5.41, 5.74) is -1.25. The van der Waals surface area contributed by atoms with Crippen molar-refractivity contribution in [3.8, 4) is 0 Å². The molecule has 10 heteroatoms. The molecule has 0 radical (unpaired) electrons. The van der Waals surface area contributed by atoms with Gasteiger partial charge in [0, 0.05) is 26.0 Å². The van der Waals surface area contributed by atoms with Crippen LogP contribution in [0.4, 0.5) is 0 Å². The van der Waals surface area contributed by atoms with E-state index in [1.165, 1.54) is 100 Å². The summed E-state index contributed by atoms with van der Waals surface area (Å²) >= 11 is 5.70. The largest absolute Gasteiger partial charge is 0.381 e. The number of rotatable bonds is 24. The average Bonchev–Trinajstić information content (AvgIpc) is 2.86. The Balaban J connectivity index is 1.92. The molecule has 37 heavy (non-hydrogen) atoms. The summed E-state index contributed by atoms with van der Waals surface area (Å²) in [6.07, 6.45) is 23.2. The van der Waals surface area contributed by atoms with Crippen LogP contribution in [0.2, 0.25) is 5.02 Å². The van der Waals surface area contributed by atoms with E-state index in [0.717, 1.165) is 6.42 Å². The minimum Gasteiger partial charge on any atom is -0.381 e. The maximum absolute atomic E-state index is 12.1. The van der Waals surface area contributed by atoms with Crippen LogP contribution in [0.1, 0.15) is 103 Å². The van der Waals surface area contributed by atoms with Crippen molar-refractivity contribution >= 4 is 19.2 Å². The lowest BCUT2D eigenvalue weighted by Crippen LogP contribution is -2.29. The highest BCUT2D eigenvalue weighted by Crippen LogP contribution is 2.41. The number of nitrogens with one attached hydrogen (secondary N) is 1. The van der Waals surface area contributed by atoms with Crippen molar-refractivity contribution in [1.29, 1.82) is 0 Å². The first-order valence-corrected chi connectivity index (χ1v) is 16.2. The Labute approximate surface area is 227 Å². The Morgan fingerprint density at radius 2 is 1.41 bits per heavy atom. The molecular formula is C27H48ClN2O6P. The van der Waals surface area contributed by atoms with E-state index in [-0.39, 0.29) is 24.3 Å². The van der Waals surface area contributed by atoms with Gasteiger partial charge in [0.1, 0.15) is 5.02 Å². The SMILES string of the molecule is CCCCCCCCCCCCCCCCOCCCOP(=O)(O)C/C=C/Cn1cc(Cl)c(=O)[nH]c1=O. The number of aromatic amines is 1. The second-order valence-electron chi connectivity index (χ2n) is 9.58. The molecule has 1 unspecified atom stereocenters. The molecular weight excluding hydrogens is 515 g/mol. The molecule has 0 spiro atoms. The molecule has 1 rings (SSSR count). The van der Waals surface area contributed by atoms with Crippen molar-refractivity contribution in [1.82, 2.24) is 9.55 Å². The molecule has 0 aromatic carbocycles. The number of allylic oxidation sites excluding steroid dienone is 2. The van der Waals surface area contributed by atoms with Gasteiger partial charge in [-0.05, 0) is 12.8 Å². The van der Waals surface area contributed by atoms with Gasteiger partial charge in [0.05, 0.1) is 12.8 Å². The lowest BCUT2D eigenvalue weighted by molar-refractivity contribution is 0.114. The lowest BCUT2D eigenvalue weighted by atomic mass is 10.0. The van der Waals surface area contributed by atoms with Crippen molar-refractivity contribution in [3.63, 3.8) is 0 Å².